The first-order valence-corrected chi connectivity index (χ1v) is 4.29. The highest BCUT2D eigenvalue weighted by atomic mass is 35.5. The lowest BCUT2D eigenvalue weighted by atomic mass is 10.3. The smallest absolute Gasteiger partial charge is 0.334 e. The molecule has 0 atom stereocenters. The van der Waals surface area contributed by atoms with Crippen LogP contribution < -0.4 is 4.74 Å². The molecule has 0 bridgehead atoms. The topological polar surface area (TPSA) is 46.5 Å². The lowest BCUT2D eigenvalue weighted by molar-refractivity contribution is -0.132. The average molecular weight is 213 g/mol. The normalized spacial score (nSPS) is 11.1. The molecule has 1 N–H and O–H groups in total. The molecular weight excluding hydrogens is 204 g/mol. The highest BCUT2D eigenvalue weighted by Gasteiger charge is 1.99. The lowest BCUT2D eigenvalue weighted by Crippen LogP contribution is -1.97. The van der Waals surface area contributed by atoms with E-state index in [0.29, 0.717) is 10.8 Å². The van der Waals surface area contributed by atoms with Crippen molar-refractivity contribution < 1.29 is 14.6 Å². The van der Waals surface area contributed by atoms with Gasteiger partial charge in [0.2, 0.25) is 0 Å². The van der Waals surface area contributed by atoms with E-state index in [9.17, 15) is 4.79 Å². The number of benzene rings is 1. The molecule has 14 heavy (non-hydrogen) atoms. The van der Waals surface area contributed by atoms with Gasteiger partial charge in [0.15, 0.2) is 0 Å². The molecule has 0 aliphatic rings. The molecule has 1 aromatic carbocycles. The van der Waals surface area contributed by atoms with E-state index in [1.165, 1.54) is 13.2 Å². The van der Waals surface area contributed by atoms with Crippen LogP contribution in [0.4, 0.5) is 0 Å². The van der Waals surface area contributed by atoms with Gasteiger partial charge in [-0.25, -0.2) is 4.79 Å². The highest BCUT2D eigenvalue weighted by Crippen LogP contribution is 2.15. The number of carbonyl (C=O) groups is 1. The minimum absolute atomic E-state index is 0.139. The van der Waals surface area contributed by atoms with Crippen molar-refractivity contribution in [1.29, 1.82) is 0 Å². The molecule has 0 heterocycles. The van der Waals surface area contributed by atoms with E-state index < -0.39 is 5.97 Å². The zero-order valence-electron chi connectivity index (χ0n) is 7.53. The molecule has 0 aliphatic heterocycles. The molecule has 0 fully saturated rings. The van der Waals surface area contributed by atoms with Crippen molar-refractivity contribution in [1.82, 2.24) is 0 Å². The van der Waals surface area contributed by atoms with Gasteiger partial charge in [-0.1, -0.05) is 11.6 Å². The van der Waals surface area contributed by atoms with Crippen LogP contribution in [-0.4, -0.2) is 11.1 Å². The number of ether oxygens (including phenoxy) is 1. The minimum Gasteiger partial charge on any atom is -0.478 e. The van der Waals surface area contributed by atoms with Crippen LogP contribution in [0.15, 0.2) is 36.1 Å². The number of hydrogen-bond donors (Lipinski definition) is 1. The molecule has 4 heteroatoms. The minimum atomic E-state index is -1.00. The van der Waals surface area contributed by atoms with Crippen LogP contribution >= 0.6 is 11.6 Å². The maximum atomic E-state index is 10.4. The summed E-state index contributed by atoms with van der Waals surface area (Å²) >= 11 is 5.66. The van der Waals surface area contributed by atoms with Crippen LogP contribution in [0.25, 0.3) is 0 Å². The van der Waals surface area contributed by atoms with Gasteiger partial charge in [0.25, 0.3) is 0 Å². The third-order valence-corrected chi connectivity index (χ3v) is 1.77. The Labute approximate surface area is 86.6 Å². The predicted molar refractivity (Wildman–Crippen MR) is 53.5 cm³/mol. The molecule has 0 amide bonds. The monoisotopic (exact) mass is 212 g/mol. The highest BCUT2D eigenvalue weighted by molar-refractivity contribution is 6.30. The molecule has 0 aliphatic carbocycles. The first-order valence-electron chi connectivity index (χ1n) is 3.92. The molecule has 3 nitrogen and oxygen atoms in total. The average Bonchev–Trinajstić information content (AvgIpc) is 2.16. The lowest BCUT2D eigenvalue weighted by Gasteiger charge is -2.00. The number of aliphatic carboxylic acids is 1. The summed E-state index contributed by atoms with van der Waals surface area (Å²) in [5.41, 5.74) is 0.139. The van der Waals surface area contributed by atoms with Crippen LogP contribution in [0, 0.1) is 0 Å². The summed E-state index contributed by atoms with van der Waals surface area (Å²) in [6, 6.07) is 6.66. The predicted octanol–water partition coefficient (Wildman–Crippen LogP) is 2.71. The Kier molecular flexibility index (Phi) is 3.54. The third-order valence-electron chi connectivity index (χ3n) is 1.52. The number of carboxylic acids is 1. The van der Waals surface area contributed by atoms with E-state index >= 15 is 0 Å². The number of carboxylic acid groups (broad SMARTS) is 1. The van der Waals surface area contributed by atoms with E-state index in [0.717, 1.165) is 0 Å². The van der Waals surface area contributed by atoms with Gasteiger partial charge in [-0.05, 0) is 31.2 Å². The Morgan fingerprint density at radius 1 is 1.43 bits per heavy atom. The molecular formula is C10H9ClO3. The second kappa shape index (κ2) is 4.67. The SMILES string of the molecule is CC(=COc1ccc(Cl)cc1)C(=O)O. The van der Waals surface area contributed by atoms with Crippen LogP contribution in [0.5, 0.6) is 5.75 Å². The molecule has 1 rings (SSSR count). The molecule has 0 spiro atoms. The fourth-order valence-electron chi connectivity index (χ4n) is 0.720. The summed E-state index contributed by atoms with van der Waals surface area (Å²) in [5, 5.41) is 9.14. The summed E-state index contributed by atoms with van der Waals surface area (Å²) in [6.45, 7) is 1.46. The van der Waals surface area contributed by atoms with Gasteiger partial charge in [0, 0.05) is 5.02 Å². The zero-order valence-corrected chi connectivity index (χ0v) is 8.28. The fourth-order valence-corrected chi connectivity index (χ4v) is 0.846. The van der Waals surface area contributed by atoms with Gasteiger partial charge < -0.3 is 9.84 Å². The molecule has 0 radical (unpaired) electrons. The van der Waals surface area contributed by atoms with E-state index in [4.69, 9.17) is 21.4 Å². The molecule has 74 valence electrons. The van der Waals surface area contributed by atoms with Gasteiger partial charge in [-0.2, -0.15) is 0 Å². The van der Waals surface area contributed by atoms with Crippen molar-refractivity contribution in [2.45, 2.75) is 6.92 Å². The summed E-state index contributed by atoms with van der Waals surface area (Å²) in [4.78, 5) is 10.4. The Bertz CT molecular complexity index is 354. The Morgan fingerprint density at radius 2 is 2.00 bits per heavy atom. The Balaban J connectivity index is 2.66. The standard InChI is InChI=1S/C10H9ClO3/c1-7(10(12)13)6-14-9-4-2-8(11)3-5-9/h2-6H,1H3,(H,12,13). The first-order chi connectivity index (χ1) is 6.59. The van der Waals surface area contributed by atoms with Crippen molar-refractivity contribution in [3.8, 4) is 5.75 Å². The Hall–Kier alpha value is -1.48. The van der Waals surface area contributed by atoms with E-state index in [2.05, 4.69) is 0 Å². The summed E-state index contributed by atoms with van der Waals surface area (Å²) in [7, 11) is 0. The first kappa shape index (κ1) is 10.6. The van der Waals surface area contributed by atoms with Gasteiger partial charge in [0.1, 0.15) is 12.0 Å². The van der Waals surface area contributed by atoms with Crippen molar-refractivity contribution >= 4 is 17.6 Å². The van der Waals surface area contributed by atoms with Crippen molar-refractivity contribution in [2.24, 2.45) is 0 Å². The molecule has 0 unspecified atom stereocenters. The number of rotatable bonds is 3. The van der Waals surface area contributed by atoms with E-state index in [1.807, 2.05) is 0 Å². The molecule has 1 aromatic rings. The second-order valence-corrected chi connectivity index (χ2v) is 3.11. The van der Waals surface area contributed by atoms with Gasteiger partial charge in [-0.15, -0.1) is 0 Å². The summed E-state index contributed by atoms with van der Waals surface area (Å²) in [6.07, 6.45) is 1.19. The van der Waals surface area contributed by atoms with Crippen LogP contribution in [0.1, 0.15) is 6.92 Å². The van der Waals surface area contributed by atoms with Crippen molar-refractivity contribution in [3.63, 3.8) is 0 Å². The van der Waals surface area contributed by atoms with Crippen LogP contribution in [-0.2, 0) is 4.79 Å². The quantitative estimate of drug-likeness (QED) is 0.619. The summed E-state index contributed by atoms with van der Waals surface area (Å²) in [5.74, 6) is -0.450. The van der Waals surface area contributed by atoms with Crippen LogP contribution in [0.2, 0.25) is 5.02 Å². The Morgan fingerprint density at radius 3 is 2.50 bits per heavy atom. The maximum absolute atomic E-state index is 10.4. The van der Waals surface area contributed by atoms with Gasteiger partial charge >= 0.3 is 5.97 Å². The molecule has 0 aromatic heterocycles. The molecule has 0 saturated heterocycles. The summed E-state index contributed by atoms with van der Waals surface area (Å²) < 4.78 is 5.08. The number of halogens is 1. The zero-order chi connectivity index (χ0) is 10.6. The second-order valence-electron chi connectivity index (χ2n) is 2.68. The number of hydrogen-bond acceptors (Lipinski definition) is 2. The molecule has 0 saturated carbocycles. The maximum Gasteiger partial charge on any atom is 0.334 e. The third kappa shape index (κ3) is 3.11. The van der Waals surface area contributed by atoms with Gasteiger partial charge in [-0.3, -0.25) is 0 Å². The van der Waals surface area contributed by atoms with Gasteiger partial charge in [0.05, 0.1) is 5.57 Å². The van der Waals surface area contributed by atoms with Crippen molar-refractivity contribution in [3.05, 3.63) is 41.1 Å². The van der Waals surface area contributed by atoms with E-state index in [-0.39, 0.29) is 5.57 Å². The largest absolute Gasteiger partial charge is 0.478 e. The van der Waals surface area contributed by atoms with E-state index in [1.54, 1.807) is 24.3 Å². The fraction of sp³-hybridized carbons (Fsp3) is 0.100. The van der Waals surface area contributed by atoms with Crippen molar-refractivity contribution in [2.75, 3.05) is 0 Å². The van der Waals surface area contributed by atoms with Crippen LogP contribution in [0.3, 0.4) is 0 Å².